The number of fused-ring (bicyclic) bond motifs is 1. The number of rotatable bonds is 13. The fraction of sp³-hybridized carbons (Fsp3) is 0.312. The first-order valence-corrected chi connectivity index (χ1v) is 14.1. The Labute approximate surface area is 255 Å². The van der Waals surface area contributed by atoms with E-state index in [1.807, 2.05) is 39.0 Å². The van der Waals surface area contributed by atoms with Gasteiger partial charge in [0.15, 0.2) is 18.1 Å². The molecule has 0 spiro atoms. The molecule has 232 valence electrons. The van der Waals surface area contributed by atoms with E-state index in [-0.39, 0.29) is 25.7 Å². The molecule has 0 saturated heterocycles. The van der Waals surface area contributed by atoms with Crippen LogP contribution in [0.3, 0.4) is 0 Å². The van der Waals surface area contributed by atoms with Crippen LogP contribution < -0.4 is 35.5 Å². The number of aliphatic carboxylic acids is 1. The number of nitrogens with one attached hydrogen (secondary N) is 4. The van der Waals surface area contributed by atoms with Crippen LogP contribution in [0, 0.1) is 12.8 Å². The predicted molar refractivity (Wildman–Crippen MR) is 163 cm³/mol. The lowest BCUT2D eigenvalue weighted by Crippen LogP contribution is -2.49. The first-order chi connectivity index (χ1) is 21.1. The average molecular weight is 605 g/mol. The summed E-state index contributed by atoms with van der Waals surface area (Å²) in [5.74, 6) is -0.699. The highest BCUT2D eigenvalue weighted by atomic mass is 16.7. The number of aryl methyl sites for hydroxylation is 1. The van der Waals surface area contributed by atoms with Gasteiger partial charge in [0, 0.05) is 11.4 Å². The number of anilines is 2. The second-order valence-electron chi connectivity index (χ2n) is 10.7. The molecule has 3 aromatic carbocycles. The van der Waals surface area contributed by atoms with Crippen LogP contribution in [0.5, 0.6) is 17.2 Å². The van der Waals surface area contributed by atoms with Gasteiger partial charge >= 0.3 is 12.0 Å². The highest BCUT2D eigenvalue weighted by molar-refractivity contribution is 6.00. The monoisotopic (exact) mass is 604 g/mol. The molecule has 0 aromatic heterocycles. The number of amides is 4. The van der Waals surface area contributed by atoms with E-state index < -0.39 is 35.9 Å². The standard InChI is InChI=1S/C32H36N4O8/c1-19(2)14-26(31(40)35-25(16-30(38)39)21-8-13-27-28(15-21)44-18-43-27)34-29(37)17-42-23-11-9-22(10-12-23)33-32(41)36-24-7-5-4-6-20(24)3/h4-13,15,19,25-26H,14,16-18H2,1-3H3,(H,34,37)(H,35,40)(H,38,39)(H2,33,36,41). The van der Waals surface area contributed by atoms with Gasteiger partial charge < -0.3 is 40.6 Å². The van der Waals surface area contributed by atoms with Crippen molar-refractivity contribution in [1.82, 2.24) is 10.6 Å². The average Bonchev–Trinajstić information content (AvgIpc) is 3.45. The molecule has 0 aliphatic carbocycles. The van der Waals surface area contributed by atoms with E-state index in [2.05, 4.69) is 21.3 Å². The number of hydrogen-bond donors (Lipinski definition) is 5. The van der Waals surface area contributed by atoms with Crippen LogP contribution >= 0.6 is 0 Å². The van der Waals surface area contributed by atoms with Gasteiger partial charge in [-0.2, -0.15) is 0 Å². The lowest BCUT2D eigenvalue weighted by Gasteiger charge is -2.24. The number of hydrogen-bond acceptors (Lipinski definition) is 7. The van der Waals surface area contributed by atoms with E-state index in [9.17, 15) is 24.3 Å². The van der Waals surface area contributed by atoms with Crippen molar-refractivity contribution < 1.29 is 38.5 Å². The number of carbonyl (C=O) groups is 4. The number of carboxylic acid groups (broad SMARTS) is 1. The maximum Gasteiger partial charge on any atom is 0.323 e. The molecule has 12 heteroatoms. The van der Waals surface area contributed by atoms with Crippen molar-refractivity contribution in [2.45, 2.75) is 45.7 Å². The van der Waals surface area contributed by atoms with Crippen LogP contribution in [-0.4, -0.2) is 48.4 Å². The summed E-state index contributed by atoms with van der Waals surface area (Å²) in [6.45, 7) is 5.42. The molecule has 1 aliphatic rings. The minimum Gasteiger partial charge on any atom is -0.484 e. The summed E-state index contributed by atoms with van der Waals surface area (Å²) in [7, 11) is 0. The molecule has 0 bridgehead atoms. The lowest BCUT2D eigenvalue weighted by molar-refractivity contribution is -0.138. The molecule has 5 N–H and O–H groups in total. The summed E-state index contributed by atoms with van der Waals surface area (Å²) in [6.07, 6.45) is -0.0430. The van der Waals surface area contributed by atoms with Crippen LogP contribution in [-0.2, 0) is 14.4 Å². The predicted octanol–water partition coefficient (Wildman–Crippen LogP) is 4.61. The summed E-state index contributed by atoms with van der Waals surface area (Å²) < 4.78 is 16.3. The first kappa shape index (κ1) is 31.7. The van der Waals surface area contributed by atoms with Crippen LogP contribution in [0.15, 0.2) is 66.7 Å². The normalized spacial score (nSPS) is 13.0. The zero-order valence-corrected chi connectivity index (χ0v) is 24.7. The summed E-state index contributed by atoms with van der Waals surface area (Å²) in [4.78, 5) is 50.0. The molecule has 2 atom stereocenters. The fourth-order valence-electron chi connectivity index (χ4n) is 4.55. The van der Waals surface area contributed by atoms with E-state index in [0.29, 0.717) is 40.6 Å². The van der Waals surface area contributed by atoms with Crippen molar-refractivity contribution in [3.8, 4) is 17.2 Å². The van der Waals surface area contributed by atoms with Crippen LogP contribution in [0.25, 0.3) is 0 Å². The Kier molecular flexibility index (Phi) is 10.6. The zero-order chi connectivity index (χ0) is 31.6. The summed E-state index contributed by atoms with van der Waals surface area (Å²) in [6, 6.07) is 16.7. The van der Waals surface area contributed by atoms with E-state index in [1.165, 1.54) is 0 Å². The minimum absolute atomic E-state index is 0.0542. The lowest BCUT2D eigenvalue weighted by atomic mass is 10.00. The molecule has 0 radical (unpaired) electrons. The van der Waals surface area contributed by atoms with Gasteiger partial charge in [0.25, 0.3) is 5.91 Å². The van der Waals surface area contributed by atoms with Gasteiger partial charge in [0.2, 0.25) is 12.7 Å². The van der Waals surface area contributed by atoms with E-state index in [4.69, 9.17) is 14.2 Å². The summed E-state index contributed by atoms with van der Waals surface area (Å²) in [5, 5.41) is 20.5. The smallest absolute Gasteiger partial charge is 0.323 e. The second kappa shape index (κ2) is 14.8. The number of para-hydroxylation sites is 1. The molecule has 4 rings (SSSR count). The Morgan fingerprint density at radius 1 is 0.909 bits per heavy atom. The van der Waals surface area contributed by atoms with Gasteiger partial charge in [-0.3, -0.25) is 14.4 Å². The topological polar surface area (TPSA) is 164 Å². The first-order valence-electron chi connectivity index (χ1n) is 14.1. The number of carbonyl (C=O) groups excluding carboxylic acids is 3. The van der Waals surface area contributed by atoms with Crippen LogP contribution in [0.1, 0.15) is 43.9 Å². The molecular formula is C32H36N4O8. The Hall–Kier alpha value is -5.26. The quantitative estimate of drug-likeness (QED) is 0.189. The molecule has 0 fully saturated rings. The van der Waals surface area contributed by atoms with Crippen molar-refractivity contribution in [3.05, 3.63) is 77.9 Å². The second-order valence-corrected chi connectivity index (χ2v) is 10.7. The van der Waals surface area contributed by atoms with Crippen molar-refractivity contribution in [3.63, 3.8) is 0 Å². The number of carboxylic acids is 1. The van der Waals surface area contributed by atoms with Gasteiger partial charge in [-0.15, -0.1) is 0 Å². The largest absolute Gasteiger partial charge is 0.484 e. The Bertz CT molecular complexity index is 1490. The summed E-state index contributed by atoms with van der Waals surface area (Å²) >= 11 is 0. The molecule has 1 aliphatic heterocycles. The maximum atomic E-state index is 13.3. The third-order valence-electron chi connectivity index (χ3n) is 6.73. The Morgan fingerprint density at radius 3 is 2.34 bits per heavy atom. The van der Waals surface area contributed by atoms with Gasteiger partial charge in [-0.25, -0.2) is 4.79 Å². The zero-order valence-electron chi connectivity index (χ0n) is 24.7. The van der Waals surface area contributed by atoms with Crippen molar-refractivity contribution >= 4 is 35.2 Å². The minimum atomic E-state index is -1.10. The SMILES string of the molecule is Cc1ccccc1NC(=O)Nc1ccc(OCC(=O)NC(CC(C)C)C(=O)NC(CC(=O)O)c2ccc3c(c2)OCO3)cc1. The maximum absolute atomic E-state index is 13.3. The number of ether oxygens (including phenoxy) is 3. The molecule has 1 heterocycles. The molecule has 4 amide bonds. The van der Waals surface area contributed by atoms with Gasteiger partial charge in [0.05, 0.1) is 12.5 Å². The van der Waals surface area contributed by atoms with Gasteiger partial charge in [0.1, 0.15) is 11.8 Å². The highest BCUT2D eigenvalue weighted by Gasteiger charge is 2.27. The molecule has 3 aromatic rings. The molecule has 44 heavy (non-hydrogen) atoms. The van der Waals surface area contributed by atoms with E-state index >= 15 is 0 Å². The molecule has 12 nitrogen and oxygen atoms in total. The Balaban J connectivity index is 1.31. The van der Waals surface area contributed by atoms with E-state index in [0.717, 1.165) is 5.56 Å². The van der Waals surface area contributed by atoms with Crippen molar-refractivity contribution in [2.24, 2.45) is 5.92 Å². The number of urea groups is 1. The van der Waals surface area contributed by atoms with Crippen molar-refractivity contribution in [2.75, 3.05) is 24.0 Å². The van der Waals surface area contributed by atoms with Crippen molar-refractivity contribution in [1.29, 1.82) is 0 Å². The third kappa shape index (κ3) is 9.12. The molecular weight excluding hydrogens is 568 g/mol. The fourth-order valence-corrected chi connectivity index (χ4v) is 4.55. The third-order valence-corrected chi connectivity index (χ3v) is 6.73. The summed E-state index contributed by atoms with van der Waals surface area (Å²) in [5.41, 5.74) is 2.70. The Morgan fingerprint density at radius 2 is 1.64 bits per heavy atom. The van der Waals surface area contributed by atoms with Gasteiger partial charge in [-0.1, -0.05) is 38.1 Å². The van der Waals surface area contributed by atoms with Crippen LogP contribution in [0.4, 0.5) is 16.2 Å². The van der Waals surface area contributed by atoms with Gasteiger partial charge in [-0.05, 0) is 72.9 Å². The molecule has 0 saturated carbocycles. The number of benzene rings is 3. The molecule has 2 unspecified atom stereocenters. The highest BCUT2D eigenvalue weighted by Crippen LogP contribution is 2.35. The van der Waals surface area contributed by atoms with E-state index in [1.54, 1.807) is 48.5 Å². The van der Waals surface area contributed by atoms with Crippen LogP contribution in [0.2, 0.25) is 0 Å².